The van der Waals surface area contributed by atoms with Gasteiger partial charge < -0.3 is 14.8 Å². The highest BCUT2D eigenvalue weighted by Crippen LogP contribution is 2.38. The van der Waals surface area contributed by atoms with Crippen molar-refractivity contribution in [3.05, 3.63) is 17.2 Å². The number of hydrogen-bond donors (Lipinski definition) is 1. The van der Waals surface area contributed by atoms with Gasteiger partial charge in [-0.25, -0.2) is 0 Å². The van der Waals surface area contributed by atoms with Gasteiger partial charge in [-0.05, 0) is 12.8 Å². The highest BCUT2D eigenvalue weighted by Gasteiger charge is 2.16. The van der Waals surface area contributed by atoms with Gasteiger partial charge in [-0.2, -0.15) is 0 Å². The van der Waals surface area contributed by atoms with Gasteiger partial charge >= 0.3 is 0 Å². The molecule has 4 heteroatoms. The summed E-state index contributed by atoms with van der Waals surface area (Å²) >= 11 is 6.22. The molecule has 1 aliphatic rings. The van der Waals surface area contributed by atoms with E-state index in [1.807, 2.05) is 12.1 Å². The first kappa shape index (κ1) is 12.4. The zero-order valence-electron chi connectivity index (χ0n) is 10.3. The van der Waals surface area contributed by atoms with E-state index in [9.17, 15) is 0 Å². The molecule has 17 heavy (non-hydrogen) atoms. The summed E-state index contributed by atoms with van der Waals surface area (Å²) in [5.41, 5.74) is 0.921. The molecule has 3 nitrogen and oxygen atoms in total. The van der Waals surface area contributed by atoms with Gasteiger partial charge in [0.1, 0.15) is 13.2 Å². The molecule has 0 radical (unpaired) electrons. The van der Waals surface area contributed by atoms with Crippen molar-refractivity contribution in [2.24, 2.45) is 0 Å². The predicted octanol–water partition coefficient (Wildman–Crippen LogP) is 3.71. The predicted molar refractivity (Wildman–Crippen MR) is 70.4 cm³/mol. The maximum Gasteiger partial charge on any atom is 0.163 e. The molecule has 0 unspecified atom stereocenters. The summed E-state index contributed by atoms with van der Waals surface area (Å²) < 4.78 is 11.0. The fraction of sp³-hybridized carbons (Fsp3) is 0.538. The fourth-order valence-corrected chi connectivity index (χ4v) is 2.10. The Bertz CT molecular complexity index is 391. The first-order chi connectivity index (χ1) is 8.24. The highest BCUT2D eigenvalue weighted by atomic mass is 35.5. The second-order valence-electron chi connectivity index (χ2n) is 4.13. The van der Waals surface area contributed by atoms with Crippen LogP contribution >= 0.6 is 11.6 Å². The molecule has 0 aromatic heterocycles. The van der Waals surface area contributed by atoms with Gasteiger partial charge in [-0.15, -0.1) is 0 Å². The lowest BCUT2D eigenvalue weighted by Crippen LogP contribution is -2.19. The summed E-state index contributed by atoms with van der Waals surface area (Å²) in [7, 11) is 0. The molecular weight excluding hydrogens is 238 g/mol. The van der Waals surface area contributed by atoms with Crippen LogP contribution < -0.4 is 14.8 Å². The number of fused-ring (bicyclic) bond motifs is 1. The number of rotatable bonds is 4. The normalized spacial score (nSPS) is 13.9. The number of ether oxygens (including phenoxy) is 2. The molecule has 0 fully saturated rings. The van der Waals surface area contributed by atoms with E-state index in [0.29, 0.717) is 24.3 Å². The molecule has 0 amide bonds. The van der Waals surface area contributed by atoms with Gasteiger partial charge in [0.15, 0.2) is 11.5 Å². The molecule has 2 rings (SSSR count). The molecule has 0 bridgehead atoms. The van der Waals surface area contributed by atoms with Crippen LogP contribution in [0.15, 0.2) is 12.1 Å². The Balaban J connectivity index is 2.22. The standard InChI is InChI=1S/C13H18ClNO2/c1-3-9(4-2)15-11-8-13-12(7-10(11)14)16-5-6-17-13/h7-9,15H,3-6H2,1-2H3. The van der Waals surface area contributed by atoms with Gasteiger partial charge in [0.25, 0.3) is 0 Å². The molecule has 0 saturated carbocycles. The lowest BCUT2D eigenvalue weighted by molar-refractivity contribution is 0.171. The second-order valence-corrected chi connectivity index (χ2v) is 4.54. The first-order valence-corrected chi connectivity index (χ1v) is 6.48. The Morgan fingerprint density at radius 1 is 1.18 bits per heavy atom. The average molecular weight is 256 g/mol. The smallest absolute Gasteiger partial charge is 0.163 e. The van der Waals surface area contributed by atoms with Gasteiger partial charge in [0.2, 0.25) is 0 Å². The van der Waals surface area contributed by atoms with Crippen LogP contribution in [0.25, 0.3) is 0 Å². The van der Waals surface area contributed by atoms with Crippen LogP contribution in [0.3, 0.4) is 0 Å². The minimum atomic E-state index is 0.440. The Morgan fingerprint density at radius 2 is 1.76 bits per heavy atom. The minimum Gasteiger partial charge on any atom is -0.486 e. The number of hydrogen-bond acceptors (Lipinski definition) is 3. The summed E-state index contributed by atoms with van der Waals surface area (Å²) in [6.45, 7) is 5.50. The van der Waals surface area contributed by atoms with E-state index in [2.05, 4.69) is 19.2 Å². The van der Waals surface area contributed by atoms with Crippen LogP contribution in [0.2, 0.25) is 5.02 Å². The van der Waals surface area contributed by atoms with Crippen LogP contribution in [0.1, 0.15) is 26.7 Å². The SMILES string of the molecule is CCC(CC)Nc1cc2c(cc1Cl)OCCO2. The zero-order valence-corrected chi connectivity index (χ0v) is 11.0. The van der Waals surface area contributed by atoms with Crippen molar-refractivity contribution in [1.29, 1.82) is 0 Å². The van der Waals surface area contributed by atoms with Gasteiger partial charge in [-0.3, -0.25) is 0 Å². The van der Waals surface area contributed by atoms with Crippen LogP contribution in [0.4, 0.5) is 5.69 Å². The van der Waals surface area contributed by atoms with E-state index in [4.69, 9.17) is 21.1 Å². The summed E-state index contributed by atoms with van der Waals surface area (Å²) in [4.78, 5) is 0. The third-order valence-corrected chi connectivity index (χ3v) is 3.29. The van der Waals surface area contributed by atoms with Crippen molar-refractivity contribution in [3.63, 3.8) is 0 Å². The second kappa shape index (κ2) is 5.50. The van der Waals surface area contributed by atoms with Gasteiger partial charge in [0, 0.05) is 18.2 Å². The van der Waals surface area contributed by atoms with Crippen molar-refractivity contribution in [2.45, 2.75) is 32.7 Å². The molecule has 1 aromatic carbocycles. The maximum absolute atomic E-state index is 6.22. The van der Waals surface area contributed by atoms with E-state index in [1.54, 1.807) is 0 Å². The van der Waals surface area contributed by atoms with Crippen molar-refractivity contribution < 1.29 is 9.47 Å². The molecule has 1 aromatic rings. The molecule has 94 valence electrons. The number of halogens is 1. The van der Waals surface area contributed by atoms with Gasteiger partial charge in [0.05, 0.1) is 10.7 Å². The average Bonchev–Trinajstić information content (AvgIpc) is 2.36. The van der Waals surface area contributed by atoms with Gasteiger partial charge in [-0.1, -0.05) is 25.4 Å². The number of anilines is 1. The van der Waals surface area contributed by atoms with Crippen LogP contribution in [0.5, 0.6) is 11.5 Å². The van der Waals surface area contributed by atoms with Crippen LogP contribution in [-0.4, -0.2) is 19.3 Å². The molecule has 0 spiro atoms. The van der Waals surface area contributed by atoms with E-state index < -0.39 is 0 Å². The Labute approximate surface area is 107 Å². The Hall–Kier alpha value is -1.09. The summed E-state index contributed by atoms with van der Waals surface area (Å²) in [6, 6.07) is 4.19. The first-order valence-electron chi connectivity index (χ1n) is 6.10. The quantitative estimate of drug-likeness (QED) is 0.890. The molecule has 0 saturated heterocycles. The van der Waals surface area contributed by atoms with E-state index >= 15 is 0 Å². The van der Waals surface area contributed by atoms with Crippen molar-refractivity contribution >= 4 is 17.3 Å². The maximum atomic E-state index is 6.22. The number of nitrogens with one attached hydrogen (secondary N) is 1. The fourth-order valence-electron chi connectivity index (χ4n) is 1.89. The zero-order chi connectivity index (χ0) is 12.3. The largest absolute Gasteiger partial charge is 0.486 e. The number of benzene rings is 1. The van der Waals surface area contributed by atoms with Crippen LogP contribution in [0, 0.1) is 0 Å². The van der Waals surface area contributed by atoms with E-state index in [0.717, 1.165) is 30.0 Å². The highest BCUT2D eigenvalue weighted by molar-refractivity contribution is 6.33. The summed E-state index contributed by atoms with van der Waals surface area (Å²) in [5, 5.41) is 4.11. The molecular formula is C13H18ClNO2. The minimum absolute atomic E-state index is 0.440. The van der Waals surface area contributed by atoms with E-state index in [-0.39, 0.29) is 0 Å². The lowest BCUT2D eigenvalue weighted by Gasteiger charge is -2.22. The summed E-state index contributed by atoms with van der Waals surface area (Å²) in [6.07, 6.45) is 2.14. The molecule has 1 heterocycles. The third kappa shape index (κ3) is 2.78. The molecule has 0 atom stereocenters. The Kier molecular flexibility index (Phi) is 4.00. The van der Waals surface area contributed by atoms with Crippen LogP contribution in [-0.2, 0) is 0 Å². The van der Waals surface area contributed by atoms with Crippen molar-refractivity contribution in [3.8, 4) is 11.5 Å². The lowest BCUT2D eigenvalue weighted by atomic mass is 10.1. The Morgan fingerprint density at radius 3 is 2.35 bits per heavy atom. The molecule has 0 aliphatic carbocycles. The molecule has 1 aliphatic heterocycles. The third-order valence-electron chi connectivity index (χ3n) is 2.98. The topological polar surface area (TPSA) is 30.5 Å². The van der Waals surface area contributed by atoms with Crippen molar-refractivity contribution in [2.75, 3.05) is 18.5 Å². The van der Waals surface area contributed by atoms with E-state index in [1.165, 1.54) is 0 Å². The summed E-state index contributed by atoms with van der Waals surface area (Å²) in [5.74, 6) is 1.51. The molecule has 1 N–H and O–H groups in total. The van der Waals surface area contributed by atoms with Crippen molar-refractivity contribution in [1.82, 2.24) is 0 Å². The monoisotopic (exact) mass is 255 g/mol.